The first-order valence-corrected chi connectivity index (χ1v) is 10.9. The van der Waals surface area contributed by atoms with Gasteiger partial charge in [0.25, 0.3) is 0 Å². The van der Waals surface area contributed by atoms with Crippen molar-refractivity contribution in [3.05, 3.63) is 95.6 Å². The number of nitrogens with one attached hydrogen (secondary N) is 1. The van der Waals surface area contributed by atoms with E-state index in [1.165, 1.54) is 0 Å². The second-order valence-electron chi connectivity index (χ2n) is 7.57. The molecular weight excluding hydrogens is 416 g/mol. The zero-order chi connectivity index (χ0) is 23.6. The van der Waals surface area contributed by atoms with Crippen LogP contribution in [0.1, 0.15) is 36.1 Å². The largest absolute Gasteiger partial charge is 0.497 e. The minimum atomic E-state index is -0.768. The quantitative estimate of drug-likeness (QED) is 0.498. The zero-order valence-corrected chi connectivity index (χ0v) is 19.3. The molecule has 3 aromatic carbocycles. The molecule has 6 nitrogen and oxygen atoms in total. The van der Waals surface area contributed by atoms with Crippen molar-refractivity contribution in [2.45, 2.75) is 32.5 Å². The molecule has 0 aliphatic heterocycles. The highest BCUT2D eigenvalue weighted by molar-refractivity contribution is 5.88. The van der Waals surface area contributed by atoms with Crippen LogP contribution in [0.25, 0.3) is 0 Å². The first-order valence-electron chi connectivity index (χ1n) is 10.9. The summed E-state index contributed by atoms with van der Waals surface area (Å²) in [6, 6.07) is 23.7. The predicted octanol–water partition coefficient (Wildman–Crippen LogP) is 4.50. The third-order valence-corrected chi connectivity index (χ3v) is 5.46. The van der Waals surface area contributed by atoms with E-state index >= 15 is 0 Å². The molecule has 0 aliphatic carbocycles. The lowest BCUT2D eigenvalue weighted by Crippen LogP contribution is -2.43. The number of carbonyl (C=O) groups excluding carboxylic acids is 2. The molecule has 0 bridgehead atoms. The fourth-order valence-electron chi connectivity index (χ4n) is 3.69. The highest BCUT2D eigenvalue weighted by atomic mass is 16.5. The molecule has 6 heteroatoms. The molecule has 172 valence electrons. The molecule has 0 fully saturated rings. The van der Waals surface area contributed by atoms with Gasteiger partial charge in [-0.1, -0.05) is 67.6 Å². The molecule has 0 saturated heterocycles. The average molecular weight is 447 g/mol. The van der Waals surface area contributed by atoms with E-state index in [4.69, 9.17) is 9.47 Å². The van der Waals surface area contributed by atoms with Crippen molar-refractivity contribution in [1.82, 2.24) is 10.2 Å². The molecule has 33 heavy (non-hydrogen) atoms. The molecule has 0 aromatic heterocycles. The second-order valence-corrected chi connectivity index (χ2v) is 7.57. The zero-order valence-electron chi connectivity index (χ0n) is 19.3. The Bertz CT molecular complexity index is 1050. The van der Waals surface area contributed by atoms with Gasteiger partial charge in [0, 0.05) is 25.1 Å². The van der Waals surface area contributed by atoms with Crippen LogP contribution in [0.5, 0.6) is 11.5 Å². The summed E-state index contributed by atoms with van der Waals surface area (Å²) in [6.07, 6.45) is 0.291. The molecule has 0 heterocycles. The molecular formula is C27H30N2O4. The van der Waals surface area contributed by atoms with E-state index in [0.717, 1.165) is 22.4 Å². The van der Waals surface area contributed by atoms with Crippen molar-refractivity contribution in [2.24, 2.45) is 0 Å². The Hall–Kier alpha value is -3.80. The number of para-hydroxylation sites is 1. The first kappa shape index (κ1) is 23.9. The molecule has 1 N–H and O–H groups in total. The van der Waals surface area contributed by atoms with Gasteiger partial charge in [0.15, 0.2) is 0 Å². The first-order chi connectivity index (χ1) is 16.1. The molecule has 3 aromatic rings. The topological polar surface area (TPSA) is 67.9 Å². The van der Waals surface area contributed by atoms with E-state index in [9.17, 15) is 9.59 Å². The van der Waals surface area contributed by atoms with Crippen LogP contribution < -0.4 is 14.8 Å². The van der Waals surface area contributed by atoms with Crippen LogP contribution in [0.15, 0.2) is 78.9 Å². The van der Waals surface area contributed by atoms with Crippen LogP contribution in [0, 0.1) is 0 Å². The van der Waals surface area contributed by atoms with Crippen LogP contribution in [-0.4, -0.2) is 30.9 Å². The summed E-state index contributed by atoms with van der Waals surface area (Å²) < 4.78 is 10.6. The van der Waals surface area contributed by atoms with Gasteiger partial charge in [-0.05, 0) is 29.3 Å². The summed E-state index contributed by atoms with van der Waals surface area (Å²) in [4.78, 5) is 28.2. The van der Waals surface area contributed by atoms with Gasteiger partial charge in [-0.2, -0.15) is 0 Å². The summed E-state index contributed by atoms with van der Waals surface area (Å²) >= 11 is 0. The summed E-state index contributed by atoms with van der Waals surface area (Å²) in [5.74, 6) is 1.09. The van der Waals surface area contributed by atoms with Gasteiger partial charge in [0.2, 0.25) is 11.8 Å². The van der Waals surface area contributed by atoms with E-state index in [2.05, 4.69) is 5.32 Å². The Morgan fingerprint density at radius 3 is 2.18 bits per heavy atom. The summed E-state index contributed by atoms with van der Waals surface area (Å²) in [6.45, 7) is 2.40. The van der Waals surface area contributed by atoms with E-state index in [-0.39, 0.29) is 11.8 Å². The van der Waals surface area contributed by atoms with Crippen molar-refractivity contribution in [3.8, 4) is 11.5 Å². The maximum atomic E-state index is 13.5. The molecule has 0 saturated carbocycles. The van der Waals surface area contributed by atoms with Crippen molar-refractivity contribution < 1.29 is 19.1 Å². The molecule has 0 aliphatic rings. The van der Waals surface area contributed by atoms with Crippen molar-refractivity contribution in [1.29, 1.82) is 0 Å². The Kier molecular flexibility index (Phi) is 8.47. The van der Waals surface area contributed by atoms with Crippen LogP contribution in [-0.2, 0) is 22.7 Å². The fourth-order valence-corrected chi connectivity index (χ4v) is 3.69. The normalized spacial score (nSPS) is 11.4. The standard InChI is InChI=1S/C27H30N2O4/c1-4-25(30)29(19-20-14-16-23(32-2)17-15-20)26(21-10-6-5-7-11-21)27(31)28-18-22-12-8-9-13-24(22)33-3/h5-17,26H,4,18-19H2,1-3H3,(H,28,31)/t26-/m0/s1. The number of nitrogens with zero attached hydrogens (tertiary/aromatic N) is 1. The molecule has 0 spiro atoms. The van der Waals surface area contributed by atoms with Gasteiger partial charge in [0.1, 0.15) is 17.5 Å². The van der Waals surface area contributed by atoms with Crippen molar-refractivity contribution >= 4 is 11.8 Å². The number of hydrogen-bond acceptors (Lipinski definition) is 4. The third-order valence-electron chi connectivity index (χ3n) is 5.46. The van der Waals surface area contributed by atoms with Gasteiger partial charge in [-0.3, -0.25) is 9.59 Å². The van der Waals surface area contributed by atoms with Crippen LogP contribution in [0.3, 0.4) is 0 Å². The number of amides is 2. The third kappa shape index (κ3) is 6.13. The summed E-state index contributed by atoms with van der Waals surface area (Å²) in [7, 11) is 3.21. The summed E-state index contributed by atoms with van der Waals surface area (Å²) in [5, 5.41) is 3.00. The van der Waals surface area contributed by atoms with Gasteiger partial charge >= 0.3 is 0 Å². The molecule has 3 rings (SSSR count). The van der Waals surface area contributed by atoms with Crippen molar-refractivity contribution in [3.63, 3.8) is 0 Å². The maximum Gasteiger partial charge on any atom is 0.247 e. The highest BCUT2D eigenvalue weighted by Gasteiger charge is 2.30. The second kappa shape index (κ2) is 11.7. The Balaban J connectivity index is 1.90. The van der Waals surface area contributed by atoms with Crippen molar-refractivity contribution in [2.75, 3.05) is 14.2 Å². The number of hydrogen-bond donors (Lipinski definition) is 1. The van der Waals surface area contributed by atoms with Gasteiger partial charge in [0.05, 0.1) is 14.2 Å². The van der Waals surface area contributed by atoms with E-state index < -0.39 is 6.04 Å². The SMILES string of the molecule is CCC(=O)N(Cc1ccc(OC)cc1)[C@H](C(=O)NCc1ccccc1OC)c1ccccc1. The lowest BCUT2D eigenvalue weighted by atomic mass is 10.0. The minimum Gasteiger partial charge on any atom is -0.497 e. The van der Waals surface area contributed by atoms with E-state index in [0.29, 0.717) is 25.3 Å². The highest BCUT2D eigenvalue weighted by Crippen LogP contribution is 2.26. The number of methoxy groups -OCH3 is 2. The number of carbonyl (C=O) groups is 2. The van der Waals surface area contributed by atoms with E-state index in [1.807, 2.05) is 78.9 Å². The summed E-state index contributed by atoms with van der Waals surface area (Å²) in [5.41, 5.74) is 2.53. The lowest BCUT2D eigenvalue weighted by Gasteiger charge is -2.31. The van der Waals surface area contributed by atoms with Gasteiger partial charge in [-0.25, -0.2) is 0 Å². The Morgan fingerprint density at radius 1 is 0.879 bits per heavy atom. The number of rotatable bonds is 10. The predicted molar refractivity (Wildman–Crippen MR) is 128 cm³/mol. The number of benzene rings is 3. The molecule has 0 radical (unpaired) electrons. The molecule has 0 unspecified atom stereocenters. The number of ether oxygens (including phenoxy) is 2. The van der Waals surface area contributed by atoms with E-state index in [1.54, 1.807) is 26.0 Å². The maximum absolute atomic E-state index is 13.5. The molecule has 1 atom stereocenters. The van der Waals surface area contributed by atoms with Gasteiger partial charge < -0.3 is 19.7 Å². The minimum absolute atomic E-state index is 0.105. The van der Waals surface area contributed by atoms with Gasteiger partial charge in [-0.15, -0.1) is 0 Å². The Morgan fingerprint density at radius 2 is 1.55 bits per heavy atom. The average Bonchev–Trinajstić information content (AvgIpc) is 2.87. The monoisotopic (exact) mass is 446 g/mol. The molecule has 2 amide bonds. The van der Waals surface area contributed by atoms with Crippen LogP contribution in [0.2, 0.25) is 0 Å². The van der Waals surface area contributed by atoms with Crippen LogP contribution >= 0.6 is 0 Å². The smallest absolute Gasteiger partial charge is 0.247 e. The lowest BCUT2D eigenvalue weighted by molar-refractivity contribution is -0.141. The van der Waals surface area contributed by atoms with Crippen LogP contribution in [0.4, 0.5) is 0 Å². The fraction of sp³-hybridized carbons (Fsp3) is 0.259. The Labute approximate surface area is 195 Å².